The fraction of sp³-hybridized carbons (Fsp3) is 0.360. The topological polar surface area (TPSA) is 92.8 Å². The first kappa shape index (κ1) is 21.7. The van der Waals surface area contributed by atoms with E-state index in [-0.39, 0.29) is 36.1 Å². The molecule has 0 bridgehead atoms. The summed E-state index contributed by atoms with van der Waals surface area (Å²) in [6.45, 7) is 0.606. The molecule has 1 N–H and O–H groups in total. The number of carbonyl (C=O) groups excluding carboxylic acids is 4. The lowest BCUT2D eigenvalue weighted by Crippen LogP contribution is -2.43. The number of nitrogens with one attached hydrogen (secondary N) is 1. The van der Waals surface area contributed by atoms with Gasteiger partial charge in [-0.05, 0) is 48.6 Å². The van der Waals surface area contributed by atoms with Gasteiger partial charge in [0.05, 0.1) is 23.8 Å². The SMILES string of the molecule is COC(=O)c1ccc(CNC(=O)C2CCCCC2CN2C(=O)c3ccccc3C2=O)cc1. The molecule has 166 valence electrons. The fourth-order valence-corrected chi connectivity index (χ4v) is 4.61. The Hall–Kier alpha value is -3.48. The summed E-state index contributed by atoms with van der Waals surface area (Å²) in [7, 11) is 1.33. The number of ether oxygens (including phenoxy) is 1. The van der Waals surface area contributed by atoms with Crippen molar-refractivity contribution in [2.75, 3.05) is 13.7 Å². The molecule has 1 heterocycles. The van der Waals surface area contributed by atoms with E-state index in [1.54, 1.807) is 48.5 Å². The number of hydrogen-bond donors (Lipinski definition) is 1. The first-order valence-electron chi connectivity index (χ1n) is 10.9. The van der Waals surface area contributed by atoms with E-state index < -0.39 is 5.97 Å². The lowest BCUT2D eigenvalue weighted by atomic mass is 9.78. The zero-order valence-corrected chi connectivity index (χ0v) is 18.0. The summed E-state index contributed by atoms with van der Waals surface area (Å²) >= 11 is 0. The van der Waals surface area contributed by atoms with Crippen molar-refractivity contribution in [2.24, 2.45) is 11.8 Å². The van der Waals surface area contributed by atoms with Crippen LogP contribution in [0, 0.1) is 11.8 Å². The predicted molar refractivity (Wildman–Crippen MR) is 117 cm³/mol. The molecule has 2 aliphatic rings. The van der Waals surface area contributed by atoms with Gasteiger partial charge in [0.25, 0.3) is 11.8 Å². The Morgan fingerprint density at radius 3 is 2.22 bits per heavy atom. The highest BCUT2D eigenvalue weighted by Crippen LogP contribution is 2.33. The van der Waals surface area contributed by atoms with Gasteiger partial charge in [-0.25, -0.2) is 4.79 Å². The van der Waals surface area contributed by atoms with Crippen molar-refractivity contribution >= 4 is 23.7 Å². The van der Waals surface area contributed by atoms with Crippen LogP contribution in [-0.4, -0.2) is 42.2 Å². The zero-order valence-electron chi connectivity index (χ0n) is 18.0. The number of rotatable bonds is 6. The van der Waals surface area contributed by atoms with E-state index in [4.69, 9.17) is 4.74 Å². The van der Waals surface area contributed by atoms with E-state index in [1.165, 1.54) is 12.0 Å². The summed E-state index contributed by atoms with van der Waals surface area (Å²) in [5.74, 6) is -1.33. The Kier molecular flexibility index (Phi) is 6.35. The Balaban J connectivity index is 1.39. The Bertz CT molecular complexity index is 1010. The van der Waals surface area contributed by atoms with Crippen LogP contribution in [0.2, 0.25) is 0 Å². The van der Waals surface area contributed by atoms with Crippen LogP contribution in [0.1, 0.15) is 62.3 Å². The van der Waals surface area contributed by atoms with E-state index in [1.807, 2.05) is 0 Å². The second kappa shape index (κ2) is 9.34. The highest BCUT2D eigenvalue weighted by molar-refractivity contribution is 6.21. The highest BCUT2D eigenvalue weighted by atomic mass is 16.5. The average molecular weight is 434 g/mol. The summed E-state index contributed by atoms with van der Waals surface area (Å²) in [6, 6.07) is 13.7. The summed E-state index contributed by atoms with van der Waals surface area (Å²) in [6.07, 6.45) is 3.47. The third-order valence-corrected chi connectivity index (χ3v) is 6.38. The quantitative estimate of drug-likeness (QED) is 0.557. The number of amides is 3. The van der Waals surface area contributed by atoms with Crippen LogP contribution < -0.4 is 5.32 Å². The number of esters is 1. The molecule has 7 heteroatoms. The van der Waals surface area contributed by atoms with Crippen LogP contribution in [-0.2, 0) is 16.1 Å². The number of carbonyl (C=O) groups is 4. The molecular weight excluding hydrogens is 408 g/mol. The first-order chi connectivity index (χ1) is 15.5. The van der Waals surface area contributed by atoms with Crippen LogP contribution in [0.3, 0.4) is 0 Å². The normalized spacial score (nSPS) is 20.1. The molecule has 2 aromatic carbocycles. The number of benzene rings is 2. The van der Waals surface area contributed by atoms with Crippen LogP contribution in [0.15, 0.2) is 48.5 Å². The zero-order chi connectivity index (χ0) is 22.7. The number of hydrogen-bond acceptors (Lipinski definition) is 5. The Morgan fingerprint density at radius 1 is 0.969 bits per heavy atom. The molecule has 0 radical (unpaired) electrons. The summed E-state index contributed by atoms with van der Waals surface area (Å²) in [5, 5.41) is 2.98. The van der Waals surface area contributed by atoms with Crippen molar-refractivity contribution in [3.05, 3.63) is 70.8 Å². The predicted octanol–water partition coefficient (Wildman–Crippen LogP) is 3.19. The standard InChI is InChI=1S/C25H26N2O5/c1-32-25(31)17-12-10-16(11-13-17)14-26-22(28)19-7-3-2-6-18(19)15-27-23(29)20-8-4-5-9-21(20)24(27)30/h4-5,8-13,18-19H,2-3,6-7,14-15H2,1H3,(H,26,28). The van der Waals surface area contributed by atoms with E-state index in [0.717, 1.165) is 31.2 Å². The van der Waals surface area contributed by atoms with Gasteiger partial charge in [-0.1, -0.05) is 37.1 Å². The molecule has 4 rings (SSSR count). The van der Waals surface area contributed by atoms with E-state index in [0.29, 0.717) is 23.2 Å². The van der Waals surface area contributed by atoms with E-state index in [2.05, 4.69) is 5.32 Å². The van der Waals surface area contributed by atoms with Gasteiger partial charge in [-0.3, -0.25) is 19.3 Å². The number of nitrogens with zero attached hydrogens (tertiary/aromatic N) is 1. The second-order valence-corrected chi connectivity index (χ2v) is 8.32. The molecule has 0 aromatic heterocycles. The van der Waals surface area contributed by atoms with E-state index >= 15 is 0 Å². The summed E-state index contributed by atoms with van der Waals surface area (Å²) < 4.78 is 4.70. The van der Waals surface area contributed by atoms with Gasteiger partial charge in [0.1, 0.15) is 0 Å². The van der Waals surface area contributed by atoms with Crippen molar-refractivity contribution in [3.63, 3.8) is 0 Å². The molecule has 1 saturated carbocycles. The van der Waals surface area contributed by atoms with E-state index in [9.17, 15) is 19.2 Å². The fourth-order valence-electron chi connectivity index (χ4n) is 4.61. The molecule has 3 amide bonds. The molecule has 2 unspecified atom stereocenters. The number of methoxy groups -OCH3 is 1. The molecule has 0 spiro atoms. The molecule has 1 aliphatic heterocycles. The molecule has 2 aromatic rings. The van der Waals surface area contributed by atoms with Crippen LogP contribution >= 0.6 is 0 Å². The second-order valence-electron chi connectivity index (χ2n) is 8.32. The van der Waals surface area contributed by atoms with Crippen molar-refractivity contribution < 1.29 is 23.9 Å². The van der Waals surface area contributed by atoms with Crippen molar-refractivity contribution in [2.45, 2.75) is 32.2 Å². The largest absolute Gasteiger partial charge is 0.465 e. The maximum absolute atomic E-state index is 13.0. The van der Waals surface area contributed by atoms with Gasteiger partial charge < -0.3 is 10.1 Å². The highest BCUT2D eigenvalue weighted by Gasteiger charge is 2.39. The molecule has 2 atom stereocenters. The van der Waals surface area contributed by atoms with Crippen molar-refractivity contribution in [1.29, 1.82) is 0 Å². The maximum Gasteiger partial charge on any atom is 0.337 e. The first-order valence-corrected chi connectivity index (χ1v) is 10.9. The Labute approximate surface area is 186 Å². The molecular formula is C25H26N2O5. The third-order valence-electron chi connectivity index (χ3n) is 6.38. The minimum Gasteiger partial charge on any atom is -0.465 e. The Morgan fingerprint density at radius 2 is 1.59 bits per heavy atom. The average Bonchev–Trinajstić information content (AvgIpc) is 3.07. The molecule has 7 nitrogen and oxygen atoms in total. The van der Waals surface area contributed by atoms with Gasteiger partial charge in [0.2, 0.25) is 5.91 Å². The van der Waals surface area contributed by atoms with Crippen LogP contribution in [0.4, 0.5) is 0 Å². The lowest BCUT2D eigenvalue weighted by Gasteiger charge is -2.32. The van der Waals surface area contributed by atoms with Crippen LogP contribution in [0.5, 0.6) is 0 Å². The van der Waals surface area contributed by atoms with Gasteiger partial charge in [0.15, 0.2) is 0 Å². The smallest absolute Gasteiger partial charge is 0.337 e. The van der Waals surface area contributed by atoms with Crippen LogP contribution in [0.25, 0.3) is 0 Å². The van der Waals surface area contributed by atoms with Gasteiger partial charge in [-0.2, -0.15) is 0 Å². The minimum absolute atomic E-state index is 0.0623. The molecule has 1 fully saturated rings. The van der Waals surface area contributed by atoms with Gasteiger partial charge in [-0.15, -0.1) is 0 Å². The van der Waals surface area contributed by atoms with Crippen molar-refractivity contribution in [3.8, 4) is 0 Å². The monoisotopic (exact) mass is 434 g/mol. The van der Waals surface area contributed by atoms with Crippen molar-refractivity contribution in [1.82, 2.24) is 10.2 Å². The summed E-state index contributed by atoms with van der Waals surface area (Å²) in [5.41, 5.74) is 2.20. The number of imide groups is 1. The van der Waals surface area contributed by atoms with Gasteiger partial charge >= 0.3 is 5.97 Å². The molecule has 32 heavy (non-hydrogen) atoms. The number of fused-ring (bicyclic) bond motifs is 1. The summed E-state index contributed by atoms with van der Waals surface area (Å²) in [4.78, 5) is 51.3. The third kappa shape index (κ3) is 4.28. The lowest BCUT2D eigenvalue weighted by molar-refractivity contribution is -0.128. The molecule has 1 aliphatic carbocycles. The van der Waals surface area contributed by atoms with Gasteiger partial charge in [0, 0.05) is 19.0 Å². The minimum atomic E-state index is -0.404. The maximum atomic E-state index is 13.0. The molecule has 0 saturated heterocycles.